The van der Waals surface area contributed by atoms with Gasteiger partial charge in [-0.1, -0.05) is 43.2 Å². The van der Waals surface area contributed by atoms with Gasteiger partial charge in [0, 0.05) is 19.7 Å². The van der Waals surface area contributed by atoms with E-state index in [1.807, 2.05) is 30.3 Å². The van der Waals surface area contributed by atoms with E-state index < -0.39 is 0 Å². The summed E-state index contributed by atoms with van der Waals surface area (Å²) in [6.45, 7) is 0.942. The van der Waals surface area contributed by atoms with Crippen LogP contribution in [0.5, 0.6) is 0 Å². The zero-order chi connectivity index (χ0) is 14.2. The fraction of sp³-hybridized carbons (Fsp3) is 0.562. The lowest BCUT2D eigenvalue weighted by molar-refractivity contribution is -0.120. The van der Waals surface area contributed by atoms with E-state index in [2.05, 4.69) is 10.6 Å². The maximum atomic E-state index is 11.8. The van der Waals surface area contributed by atoms with Crippen LogP contribution in [-0.4, -0.2) is 31.7 Å². The van der Waals surface area contributed by atoms with Gasteiger partial charge in [-0.05, 0) is 18.4 Å². The number of nitrogens with one attached hydrogen (secondary N) is 2. The first-order chi connectivity index (χ1) is 9.79. The smallest absolute Gasteiger partial charge is 0.234 e. The molecule has 20 heavy (non-hydrogen) atoms. The molecule has 2 N–H and O–H groups in total. The molecule has 1 amide bonds. The third-order valence-electron chi connectivity index (χ3n) is 3.86. The Morgan fingerprint density at radius 3 is 2.75 bits per heavy atom. The molecule has 0 aliphatic heterocycles. The lowest BCUT2D eigenvalue weighted by atomic mass is 9.92. The van der Waals surface area contributed by atoms with E-state index in [4.69, 9.17) is 4.74 Å². The molecule has 1 aliphatic carbocycles. The molecule has 2 atom stereocenters. The molecule has 0 saturated heterocycles. The number of amides is 1. The van der Waals surface area contributed by atoms with E-state index in [0.29, 0.717) is 19.1 Å². The van der Waals surface area contributed by atoms with Gasteiger partial charge in [-0.3, -0.25) is 4.79 Å². The van der Waals surface area contributed by atoms with Crippen LogP contribution in [0, 0.1) is 0 Å². The highest BCUT2D eigenvalue weighted by Gasteiger charge is 2.24. The van der Waals surface area contributed by atoms with Crippen LogP contribution in [0.15, 0.2) is 30.3 Å². The lowest BCUT2D eigenvalue weighted by Crippen LogP contribution is -2.47. The van der Waals surface area contributed by atoms with Crippen molar-refractivity contribution in [2.75, 3.05) is 13.7 Å². The van der Waals surface area contributed by atoms with Crippen molar-refractivity contribution in [1.29, 1.82) is 0 Å². The minimum absolute atomic E-state index is 0.0364. The Balaban J connectivity index is 1.69. The van der Waals surface area contributed by atoms with Crippen molar-refractivity contribution in [2.24, 2.45) is 0 Å². The average molecular weight is 276 g/mol. The van der Waals surface area contributed by atoms with E-state index >= 15 is 0 Å². The molecular formula is C16H24N2O2. The highest BCUT2D eigenvalue weighted by atomic mass is 16.5. The van der Waals surface area contributed by atoms with E-state index in [1.54, 1.807) is 7.11 Å². The van der Waals surface area contributed by atoms with Gasteiger partial charge in [0.1, 0.15) is 0 Å². The first kappa shape index (κ1) is 15.0. The van der Waals surface area contributed by atoms with E-state index in [9.17, 15) is 4.79 Å². The minimum Gasteiger partial charge on any atom is -0.380 e. The topological polar surface area (TPSA) is 50.4 Å². The standard InChI is InChI=1S/C16H24N2O2/c1-20-15-10-6-5-9-14(15)17-12-16(19)18-11-13-7-3-2-4-8-13/h2-4,7-8,14-15,17H,5-6,9-12H2,1H3,(H,18,19). The van der Waals surface area contributed by atoms with Gasteiger partial charge in [-0.2, -0.15) is 0 Å². The van der Waals surface area contributed by atoms with Crippen LogP contribution in [-0.2, 0) is 16.1 Å². The van der Waals surface area contributed by atoms with Gasteiger partial charge in [-0.15, -0.1) is 0 Å². The summed E-state index contributed by atoms with van der Waals surface area (Å²) in [6.07, 6.45) is 4.84. The number of rotatable bonds is 6. The second-order valence-corrected chi connectivity index (χ2v) is 5.31. The highest BCUT2D eigenvalue weighted by Crippen LogP contribution is 2.20. The molecule has 4 nitrogen and oxygen atoms in total. The van der Waals surface area contributed by atoms with Crippen LogP contribution in [0.1, 0.15) is 31.2 Å². The molecule has 1 aromatic carbocycles. The monoisotopic (exact) mass is 276 g/mol. The molecule has 1 aromatic rings. The van der Waals surface area contributed by atoms with Crippen LogP contribution < -0.4 is 10.6 Å². The number of hydrogen-bond acceptors (Lipinski definition) is 3. The highest BCUT2D eigenvalue weighted by molar-refractivity contribution is 5.78. The predicted molar refractivity (Wildman–Crippen MR) is 79.3 cm³/mol. The van der Waals surface area contributed by atoms with Gasteiger partial charge < -0.3 is 15.4 Å². The molecule has 1 aliphatic rings. The van der Waals surface area contributed by atoms with Crippen LogP contribution in [0.3, 0.4) is 0 Å². The molecule has 0 bridgehead atoms. The van der Waals surface area contributed by atoms with Crippen molar-refractivity contribution in [3.8, 4) is 0 Å². The molecule has 2 unspecified atom stereocenters. The van der Waals surface area contributed by atoms with Crippen LogP contribution in [0.25, 0.3) is 0 Å². The molecular weight excluding hydrogens is 252 g/mol. The number of carbonyl (C=O) groups excluding carboxylic acids is 1. The Bertz CT molecular complexity index is 408. The Morgan fingerprint density at radius 2 is 2.00 bits per heavy atom. The average Bonchev–Trinajstić information content (AvgIpc) is 2.52. The summed E-state index contributed by atoms with van der Waals surface area (Å²) in [6, 6.07) is 10.2. The van der Waals surface area contributed by atoms with Crippen LogP contribution >= 0.6 is 0 Å². The Morgan fingerprint density at radius 1 is 1.25 bits per heavy atom. The van der Waals surface area contributed by atoms with Crippen molar-refractivity contribution in [1.82, 2.24) is 10.6 Å². The number of benzene rings is 1. The fourth-order valence-corrected chi connectivity index (χ4v) is 2.70. The van der Waals surface area contributed by atoms with Crippen LogP contribution in [0.4, 0.5) is 0 Å². The molecule has 4 heteroatoms. The first-order valence-electron chi connectivity index (χ1n) is 7.36. The Kier molecular flexibility index (Phi) is 6.02. The fourth-order valence-electron chi connectivity index (χ4n) is 2.70. The largest absolute Gasteiger partial charge is 0.380 e. The number of methoxy groups -OCH3 is 1. The normalized spacial score (nSPS) is 22.4. The zero-order valence-electron chi connectivity index (χ0n) is 12.1. The molecule has 1 fully saturated rings. The molecule has 0 radical (unpaired) electrons. The van der Waals surface area contributed by atoms with Gasteiger partial charge in [0.2, 0.25) is 5.91 Å². The molecule has 0 heterocycles. The second kappa shape index (κ2) is 8.02. The maximum Gasteiger partial charge on any atom is 0.234 e. The number of carbonyl (C=O) groups is 1. The third kappa shape index (κ3) is 4.62. The summed E-state index contributed by atoms with van der Waals surface area (Å²) in [4.78, 5) is 11.8. The van der Waals surface area contributed by atoms with Crippen molar-refractivity contribution < 1.29 is 9.53 Å². The van der Waals surface area contributed by atoms with E-state index in [0.717, 1.165) is 18.4 Å². The van der Waals surface area contributed by atoms with Crippen molar-refractivity contribution in [2.45, 2.75) is 44.4 Å². The predicted octanol–water partition coefficient (Wildman–Crippen LogP) is 1.85. The van der Waals surface area contributed by atoms with Crippen molar-refractivity contribution in [3.63, 3.8) is 0 Å². The Hall–Kier alpha value is -1.39. The molecule has 110 valence electrons. The molecule has 2 rings (SSSR count). The lowest BCUT2D eigenvalue weighted by Gasteiger charge is -2.31. The molecule has 0 spiro atoms. The third-order valence-corrected chi connectivity index (χ3v) is 3.86. The van der Waals surface area contributed by atoms with Gasteiger partial charge in [-0.25, -0.2) is 0 Å². The minimum atomic E-state index is 0.0364. The van der Waals surface area contributed by atoms with Crippen molar-refractivity contribution in [3.05, 3.63) is 35.9 Å². The maximum absolute atomic E-state index is 11.8. The summed E-state index contributed by atoms with van der Waals surface area (Å²) in [5, 5.41) is 6.25. The zero-order valence-corrected chi connectivity index (χ0v) is 12.1. The van der Waals surface area contributed by atoms with Crippen LogP contribution in [0.2, 0.25) is 0 Å². The summed E-state index contributed by atoms with van der Waals surface area (Å²) < 4.78 is 5.47. The quantitative estimate of drug-likeness (QED) is 0.833. The van der Waals surface area contributed by atoms with Gasteiger partial charge in [0.05, 0.1) is 12.6 Å². The summed E-state index contributed by atoms with van der Waals surface area (Å²) >= 11 is 0. The summed E-state index contributed by atoms with van der Waals surface area (Å²) in [7, 11) is 1.75. The van der Waals surface area contributed by atoms with Gasteiger partial charge in [0.15, 0.2) is 0 Å². The Labute approximate surface area is 120 Å². The number of ether oxygens (including phenoxy) is 1. The SMILES string of the molecule is COC1CCCCC1NCC(=O)NCc1ccccc1. The van der Waals surface area contributed by atoms with Crippen molar-refractivity contribution >= 4 is 5.91 Å². The van der Waals surface area contributed by atoms with Gasteiger partial charge >= 0.3 is 0 Å². The van der Waals surface area contributed by atoms with E-state index in [-0.39, 0.29) is 12.0 Å². The summed E-state index contributed by atoms with van der Waals surface area (Å²) in [5.74, 6) is 0.0364. The van der Waals surface area contributed by atoms with Gasteiger partial charge in [0.25, 0.3) is 0 Å². The molecule has 1 saturated carbocycles. The van der Waals surface area contributed by atoms with E-state index in [1.165, 1.54) is 12.8 Å². The second-order valence-electron chi connectivity index (χ2n) is 5.31. The molecule has 0 aromatic heterocycles. The first-order valence-corrected chi connectivity index (χ1v) is 7.36. The number of hydrogen-bond donors (Lipinski definition) is 2. The summed E-state index contributed by atoms with van der Waals surface area (Å²) in [5.41, 5.74) is 1.12.